The first-order valence-electron chi connectivity index (χ1n) is 14.7. The number of fused-ring (bicyclic) bond motifs is 1. The summed E-state index contributed by atoms with van der Waals surface area (Å²) in [6, 6.07) is 13.2. The Hall–Kier alpha value is -3.62. The molecule has 214 valence electrons. The molecule has 2 saturated heterocycles. The van der Waals surface area contributed by atoms with Crippen molar-refractivity contribution >= 4 is 23.5 Å². The molecule has 1 aromatic heterocycles. The molecule has 1 aromatic carbocycles. The lowest BCUT2D eigenvalue weighted by Gasteiger charge is -2.36. The number of amides is 3. The Morgan fingerprint density at radius 2 is 1.80 bits per heavy atom. The topological polar surface area (TPSA) is 95.1 Å². The first kappa shape index (κ1) is 27.9. The van der Waals surface area contributed by atoms with Crippen LogP contribution in [0.1, 0.15) is 44.1 Å². The van der Waals surface area contributed by atoms with Crippen LogP contribution in [-0.4, -0.2) is 84.9 Å². The molecule has 1 saturated carbocycles. The van der Waals surface area contributed by atoms with Crippen LogP contribution in [0, 0.1) is 11.8 Å². The fraction of sp³-hybridized carbons (Fsp3) is 0.548. The summed E-state index contributed by atoms with van der Waals surface area (Å²) >= 11 is 0. The number of ether oxygens (including phenoxy) is 1. The number of piperazine rings is 1. The zero-order valence-electron chi connectivity index (χ0n) is 23.5. The third kappa shape index (κ3) is 6.57. The fourth-order valence-corrected chi connectivity index (χ4v) is 6.44. The number of aromatic nitrogens is 1. The Labute approximate surface area is 236 Å². The second-order valence-electron chi connectivity index (χ2n) is 11.2. The van der Waals surface area contributed by atoms with Crippen molar-refractivity contribution in [2.45, 2.75) is 51.0 Å². The maximum atomic E-state index is 13.8. The van der Waals surface area contributed by atoms with Crippen LogP contribution in [0.15, 0.2) is 48.7 Å². The number of pyridine rings is 1. The van der Waals surface area contributed by atoms with Crippen molar-refractivity contribution in [2.75, 3.05) is 51.3 Å². The highest BCUT2D eigenvalue weighted by molar-refractivity contribution is 5.86. The summed E-state index contributed by atoms with van der Waals surface area (Å²) in [5, 5.41) is 3.11. The van der Waals surface area contributed by atoms with Gasteiger partial charge >= 0.3 is 0 Å². The molecule has 0 spiro atoms. The molecular weight excluding hydrogens is 506 g/mol. The minimum absolute atomic E-state index is 0.00683. The zero-order chi connectivity index (χ0) is 27.9. The third-order valence-electron chi connectivity index (χ3n) is 8.61. The molecule has 40 heavy (non-hydrogen) atoms. The van der Waals surface area contributed by atoms with Gasteiger partial charge in [0, 0.05) is 57.4 Å². The summed E-state index contributed by atoms with van der Waals surface area (Å²) in [6.45, 7) is 3.98. The van der Waals surface area contributed by atoms with Crippen LogP contribution >= 0.6 is 0 Å². The predicted octanol–water partition coefficient (Wildman–Crippen LogP) is 2.90. The van der Waals surface area contributed by atoms with Crippen LogP contribution in [0.4, 0.5) is 5.82 Å². The molecule has 3 heterocycles. The highest BCUT2D eigenvalue weighted by Gasteiger charge is 2.46. The van der Waals surface area contributed by atoms with Gasteiger partial charge in [0.05, 0.1) is 19.4 Å². The van der Waals surface area contributed by atoms with Crippen LogP contribution in [0.5, 0.6) is 5.75 Å². The largest absolute Gasteiger partial charge is 0.497 e. The molecule has 9 heteroatoms. The second kappa shape index (κ2) is 13.2. The number of hydrogen-bond donors (Lipinski definition) is 1. The molecule has 0 radical (unpaired) electrons. The van der Waals surface area contributed by atoms with E-state index in [1.165, 1.54) is 0 Å². The van der Waals surface area contributed by atoms with Crippen molar-refractivity contribution in [1.82, 2.24) is 20.1 Å². The molecule has 1 aliphatic carbocycles. The smallest absolute Gasteiger partial charge is 0.227 e. The van der Waals surface area contributed by atoms with Crippen LogP contribution in [0.3, 0.4) is 0 Å². The summed E-state index contributed by atoms with van der Waals surface area (Å²) in [6.07, 6.45) is 6.92. The SMILES string of the molecule is COc1cccc(CC(=O)N2CCCCCCNC(=O)C3CC(C(=O)N4CCN(c5ccccn5)CC4)CC32)c1. The van der Waals surface area contributed by atoms with Crippen molar-refractivity contribution in [1.29, 1.82) is 0 Å². The number of methoxy groups -OCH3 is 1. The summed E-state index contributed by atoms with van der Waals surface area (Å²) in [5.41, 5.74) is 0.885. The maximum absolute atomic E-state index is 13.8. The highest BCUT2D eigenvalue weighted by atomic mass is 16.5. The minimum atomic E-state index is -0.379. The van der Waals surface area contributed by atoms with Gasteiger partial charge in [-0.2, -0.15) is 0 Å². The first-order chi connectivity index (χ1) is 19.5. The van der Waals surface area contributed by atoms with Gasteiger partial charge in [-0.15, -0.1) is 0 Å². The summed E-state index contributed by atoms with van der Waals surface area (Å²) in [4.78, 5) is 51.4. The number of anilines is 1. The van der Waals surface area contributed by atoms with E-state index in [4.69, 9.17) is 4.74 Å². The van der Waals surface area contributed by atoms with Gasteiger partial charge in [-0.05, 0) is 55.5 Å². The number of hydrogen-bond acceptors (Lipinski definition) is 6. The van der Waals surface area contributed by atoms with Crippen molar-refractivity contribution in [3.05, 3.63) is 54.2 Å². The molecule has 0 bridgehead atoms. The van der Waals surface area contributed by atoms with Gasteiger partial charge < -0.3 is 24.8 Å². The normalized spacial score (nSPS) is 24.1. The molecule has 3 aliphatic rings. The van der Waals surface area contributed by atoms with Crippen LogP contribution in [0.25, 0.3) is 0 Å². The van der Waals surface area contributed by atoms with Gasteiger partial charge in [-0.3, -0.25) is 14.4 Å². The Morgan fingerprint density at radius 3 is 2.58 bits per heavy atom. The standard InChI is InChI=1S/C31H41N5O4/c1-40-25-10-8-9-23(19-25)20-29(37)36-14-7-3-2-5-13-33-30(38)26-21-24(22-27(26)36)31(39)35-17-15-34(16-18-35)28-11-4-6-12-32-28/h4,6,8-12,19,24,26-27H,2-3,5,7,13-18,20-22H2,1H3,(H,33,38). The number of rotatable bonds is 5. The van der Waals surface area contributed by atoms with Crippen LogP contribution in [0.2, 0.25) is 0 Å². The molecule has 3 atom stereocenters. The molecule has 1 N–H and O–H groups in total. The van der Waals surface area contributed by atoms with E-state index in [2.05, 4.69) is 15.2 Å². The Balaban J connectivity index is 1.30. The Bertz CT molecular complexity index is 1170. The first-order valence-corrected chi connectivity index (χ1v) is 14.7. The van der Waals surface area contributed by atoms with Gasteiger partial charge in [0.2, 0.25) is 17.7 Å². The third-order valence-corrected chi connectivity index (χ3v) is 8.61. The quantitative estimate of drug-likeness (QED) is 0.619. The fourth-order valence-electron chi connectivity index (χ4n) is 6.44. The molecule has 3 fully saturated rings. The van der Waals surface area contributed by atoms with Gasteiger partial charge in [0.25, 0.3) is 0 Å². The van der Waals surface area contributed by atoms with E-state index in [9.17, 15) is 14.4 Å². The van der Waals surface area contributed by atoms with E-state index in [1.54, 1.807) is 13.3 Å². The average molecular weight is 548 g/mol. The number of nitrogens with one attached hydrogen (secondary N) is 1. The molecule has 3 unspecified atom stereocenters. The summed E-state index contributed by atoms with van der Waals surface area (Å²) < 4.78 is 5.35. The van der Waals surface area contributed by atoms with E-state index < -0.39 is 0 Å². The van der Waals surface area contributed by atoms with Crippen molar-refractivity contribution in [3.8, 4) is 5.75 Å². The van der Waals surface area contributed by atoms with Gasteiger partial charge in [0.15, 0.2) is 0 Å². The second-order valence-corrected chi connectivity index (χ2v) is 11.2. The maximum Gasteiger partial charge on any atom is 0.227 e. The lowest BCUT2D eigenvalue weighted by atomic mass is 9.99. The summed E-state index contributed by atoms with van der Waals surface area (Å²) in [7, 11) is 1.62. The van der Waals surface area contributed by atoms with Crippen LogP contribution in [-0.2, 0) is 20.8 Å². The molecule has 2 aromatic rings. The number of benzene rings is 1. The molecule has 5 rings (SSSR count). The molecular formula is C31H41N5O4. The molecule has 9 nitrogen and oxygen atoms in total. The van der Waals surface area contributed by atoms with E-state index >= 15 is 0 Å². The lowest BCUT2D eigenvalue weighted by Crippen LogP contribution is -2.50. The predicted molar refractivity (Wildman–Crippen MR) is 153 cm³/mol. The average Bonchev–Trinajstić information content (AvgIpc) is 3.42. The zero-order valence-corrected chi connectivity index (χ0v) is 23.5. The number of carbonyl (C=O) groups is 3. The van der Waals surface area contributed by atoms with E-state index in [0.717, 1.165) is 55.9 Å². The number of carbonyl (C=O) groups excluding carboxylic acids is 3. The summed E-state index contributed by atoms with van der Waals surface area (Å²) in [5.74, 6) is 1.09. The highest BCUT2D eigenvalue weighted by Crippen LogP contribution is 2.37. The Kier molecular flexibility index (Phi) is 9.19. The lowest BCUT2D eigenvalue weighted by molar-refractivity contribution is -0.137. The van der Waals surface area contributed by atoms with E-state index in [0.29, 0.717) is 39.0 Å². The monoisotopic (exact) mass is 547 g/mol. The van der Waals surface area contributed by atoms with Gasteiger partial charge in [0.1, 0.15) is 11.6 Å². The van der Waals surface area contributed by atoms with Crippen molar-refractivity contribution in [2.24, 2.45) is 11.8 Å². The molecule has 3 amide bonds. The molecule has 2 aliphatic heterocycles. The van der Waals surface area contributed by atoms with E-state index in [-0.39, 0.29) is 42.0 Å². The van der Waals surface area contributed by atoms with Crippen molar-refractivity contribution < 1.29 is 19.1 Å². The van der Waals surface area contributed by atoms with Crippen molar-refractivity contribution in [3.63, 3.8) is 0 Å². The van der Waals surface area contributed by atoms with Crippen LogP contribution < -0.4 is 15.0 Å². The van der Waals surface area contributed by atoms with Gasteiger partial charge in [-0.1, -0.05) is 31.0 Å². The van der Waals surface area contributed by atoms with E-state index in [1.807, 2.05) is 52.3 Å². The number of nitrogens with zero attached hydrogens (tertiary/aromatic N) is 4. The minimum Gasteiger partial charge on any atom is -0.497 e. The van der Waals surface area contributed by atoms with Gasteiger partial charge in [-0.25, -0.2) is 4.98 Å². The Morgan fingerprint density at radius 1 is 0.975 bits per heavy atom.